The average Bonchev–Trinajstić information content (AvgIpc) is 3.35. The monoisotopic (exact) mass is 397 g/mol. The van der Waals surface area contributed by atoms with E-state index in [1.165, 1.54) is 16.6 Å². The first-order valence-corrected chi connectivity index (χ1v) is 10.3. The minimum Gasteiger partial charge on any atom is -0.468 e. The lowest BCUT2D eigenvalue weighted by atomic mass is 10.3. The molecular weight excluding hydrogens is 378 g/mol. The Labute approximate surface area is 166 Å². The minimum atomic E-state index is -0.0943. The summed E-state index contributed by atoms with van der Waals surface area (Å²) in [6.07, 6.45) is 1.64. The Kier molecular flexibility index (Phi) is 7.11. The van der Waals surface area contributed by atoms with Gasteiger partial charge in [-0.15, -0.1) is 23.1 Å². The molecule has 0 spiro atoms. The summed E-state index contributed by atoms with van der Waals surface area (Å²) in [6.45, 7) is 1.48. The predicted molar refractivity (Wildman–Crippen MR) is 109 cm³/mol. The molecule has 1 aromatic carbocycles. The summed E-state index contributed by atoms with van der Waals surface area (Å²) in [6, 6.07) is 17.5. The Bertz CT molecular complexity index is 850. The second-order valence-electron chi connectivity index (χ2n) is 5.80. The van der Waals surface area contributed by atoms with Crippen molar-refractivity contribution in [3.63, 3.8) is 0 Å². The van der Waals surface area contributed by atoms with E-state index in [1.54, 1.807) is 17.6 Å². The van der Waals surface area contributed by atoms with Crippen LogP contribution in [0.2, 0.25) is 0 Å². The zero-order valence-electron chi connectivity index (χ0n) is 14.6. The molecule has 2 aromatic heterocycles. The highest BCUT2D eigenvalue weighted by molar-refractivity contribution is 7.99. The van der Waals surface area contributed by atoms with Crippen molar-refractivity contribution < 1.29 is 9.21 Å². The second-order valence-corrected chi connectivity index (χ2v) is 7.84. The fourth-order valence-electron chi connectivity index (χ4n) is 2.61. The van der Waals surface area contributed by atoms with Crippen LogP contribution in [0.4, 0.5) is 5.69 Å². The molecule has 5 nitrogen and oxygen atoms in total. The van der Waals surface area contributed by atoms with Gasteiger partial charge in [0.05, 0.1) is 36.9 Å². The Morgan fingerprint density at radius 2 is 2.07 bits per heavy atom. The van der Waals surface area contributed by atoms with Crippen LogP contribution in [0.25, 0.3) is 0 Å². The molecule has 0 aliphatic carbocycles. The maximum absolute atomic E-state index is 12.7. The number of para-hydroxylation sites is 1. The van der Waals surface area contributed by atoms with E-state index in [9.17, 15) is 4.79 Å². The van der Waals surface area contributed by atoms with E-state index in [0.29, 0.717) is 18.8 Å². The lowest BCUT2D eigenvalue weighted by Crippen LogP contribution is -2.32. The van der Waals surface area contributed by atoms with Gasteiger partial charge in [-0.25, -0.2) is 0 Å². The van der Waals surface area contributed by atoms with Gasteiger partial charge in [0.25, 0.3) is 0 Å². The fourth-order valence-corrected chi connectivity index (χ4v) is 4.03. The summed E-state index contributed by atoms with van der Waals surface area (Å²) in [5.74, 6) is 1.07. The highest BCUT2D eigenvalue weighted by atomic mass is 32.2. The van der Waals surface area contributed by atoms with Crippen LogP contribution in [0.15, 0.2) is 69.5 Å². The highest BCUT2D eigenvalue weighted by Crippen LogP contribution is 2.26. The number of rotatable bonds is 9. The van der Waals surface area contributed by atoms with E-state index in [1.807, 2.05) is 52.7 Å². The van der Waals surface area contributed by atoms with Crippen LogP contribution in [0.1, 0.15) is 10.6 Å². The van der Waals surface area contributed by atoms with Crippen LogP contribution in [0, 0.1) is 11.3 Å². The molecule has 1 amide bonds. The molecule has 0 saturated carbocycles. The molecule has 0 radical (unpaired) electrons. The van der Waals surface area contributed by atoms with Gasteiger partial charge < -0.3 is 9.73 Å². The summed E-state index contributed by atoms with van der Waals surface area (Å²) in [4.78, 5) is 16.8. The Hall–Kier alpha value is -2.53. The number of benzene rings is 1. The number of carbonyl (C=O) groups excluding carboxylic acids is 1. The fraction of sp³-hybridized carbons (Fsp3) is 0.200. The van der Waals surface area contributed by atoms with Crippen LogP contribution in [-0.4, -0.2) is 23.1 Å². The standard InChI is InChI=1S/C20H19N3O2S2/c21-9-12-27-19-8-2-1-7-18(19)22-20(24)15-23(13-16-5-3-10-25-16)14-17-6-4-11-26-17/h1-8,10-11H,12-15H2,(H,22,24). The van der Waals surface area contributed by atoms with Crippen LogP contribution < -0.4 is 5.32 Å². The van der Waals surface area contributed by atoms with Gasteiger partial charge in [0, 0.05) is 16.3 Å². The van der Waals surface area contributed by atoms with E-state index in [4.69, 9.17) is 9.68 Å². The van der Waals surface area contributed by atoms with Gasteiger partial charge in [-0.1, -0.05) is 18.2 Å². The first-order valence-electron chi connectivity index (χ1n) is 8.40. The minimum absolute atomic E-state index is 0.0943. The Morgan fingerprint density at radius 3 is 2.81 bits per heavy atom. The third kappa shape index (κ3) is 6.00. The first-order chi connectivity index (χ1) is 13.2. The predicted octanol–water partition coefficient (Wildman–Crippen LogP) is 4.60. The number of amides is 1. The molecule has 2 heterocycles. The topological polar surface area (TPSA) is 69.3 Å². The molecule has 3 aromatic rings. The summed E-state index contributed by atoms with van der Waals surface area (Å²) in [7, 11) is 0. The first kappa shape index (κ1) is 19.2. The second kappa shape index (κ2) is 9.97. The lowest BCUT2D eigenvalue weighted by Gasteiger charge is -2.20. The molecule has 1 N–H and O–H groups in total. The maximum atomic E-state index is 12.7. The van der Waals surface area contributed by atoms with Gasteiger partial charge in [-0.3, -0.25) is 9.69 Å². The number of nitriles is 1. The van der Waals surface area contributed by atoms with Gasteiger partial charge in [-0.2, -0.15) is 5.26 Å². The lowest BCUT2D eigenvalue weighted by molar-refractivity contribution is -0.117. The number of anilines is 1. The zero-order chi connectivity index (χ0) is 18.9. The molecule has 0 atom stereocenters. The molecule has 0 aliphatic rings. The van der Waals surface area contributed by atoms with Crippen molar-refractivity contribution in [3.05, 3.63) is 70.8 Å². The largest absolute Gasteiger partial charge is 0.468 e. The number of furan rings is 1. The maximum Gasteiger partial charge on any atom is 0.238 e. The molecule has 0 bridgehead atoms. The van der Waals surface area contributed by atoms with E-state index >= 15 is 0 Å². The van der Waals surface area contributed by atoms with Crippen molar-refractivity contribution in [2.24, 2.45) is 0 Å². The quantitative estimate of drug-likeness (QED) is 0.535. The highest BCUT2D eigenvalue weighted by Gasteiger charge is 2.15. The van der Waals surface area contributed by atoms with Crippen LogP contribution >= 0.6 is 23.1 Å². The number of nitrogens with one attached hydrogen (secondary N) is 1. The number of hydrogen-bond donors (Lipinski definition) is 1. The van der Waals surface area contributed by atoms with E-state index < -0.39 is 0 Å². The van der Waals surface area contributed by atoms with Gasteiger partial charge in [-0.05, 0) is 35.7 Å². The molecule has 7 heteroatoms. The molecule has 3 rings (SSSR count). The third-order valence-electron chi connectivity index (χ3n) is 3.74. The number of carbonyl (C=O) groups is 1. The third-order valence-corrected chi connectivity index (χ3v) is 5.54. The molecule has 0 unspecified atom stereocenters. The summed E-state index contributed by atoms with van der Waals surface area (Å²) in [5, 5.41) is 13.8. The zero-order valence-corrected chi connectivity index (χ0v) is 16.3. The molecule has 27 heavy (non-hydrogen) atoms. The molecular formula is C20H19N3O2S2. The summed E-state index contributed by atoms with van der Waals surface area (Å²) < 4.78 is 5.44. The molecule has 0 saturated heterocycles. The number of hydrogen-bond acceptors (Lipinski definition) is 6. The number of nitrogens with zero attached hydrogens (tertiary/aromatic N) is 2. The summed E-state index contributed by atoms with van der Waals surface area (Å²) >= 11 is 3.08. The van der Waals surface area contributed by atoms with Crippen LogP contribution in [0.5, 0.6) is 0 Å². The van der Waals surface area contributed by atoms with Gasteiger partial charge >= 0.3 is 0 Å². The smallest absolute Gasteiger partial charge is 0.238 e. The van der Waals surface area contributed by atoms with Crippen molar-refractivity contribution >= 4 is 34.7 Å². The summed E-state index contributed by atoms with van der Waals surface area (Å²) in [5.41, 5.74) is 0.733. The SMILES string of the molecule is N#CCSc1ccccc1NC(=O)CN(Cc1ccco1)Cc1cccs1. The van der Waals surface area contributed by atoms with Crippen LogP contribution in [-0.2, 0) is 17.9 Å². The average molecular weight is 398 g/mol. The van der Waals surface area contributed by atoms with Gasteiger partial charge in [0.1, 0.15) is 5.76 Å². The van der Waals surface area contributed by atoms with Crippen molar-refractivity contribution in [2.45, 2.75) is 18.0 Å². The molecule has 0 fully saturated rings. The Balaban J connectivity index is 1.66. The van der Waals surface area contributed by atoms with Crippen LogP contribution in [0.3, 0.4) is 0 Å². The van der Waals surface area contributed by atoms with Gasteiger partial charge in [0.2, 0.25) is 5.91 Å². The van der Waals surface area contributed by atoms with Gasteiger partial charge in [0.15, 0.2) is 0 Å². The van der Waals surface area contributed by atoms with Crippen molar-refractivity contribution in [3.8, 4) is 6.07 Å². The van der Waals surface area contributed by atoms with Crippen molar-refractivity contribution in [1.29, 1.82) is 5.26 Å². The van der Waals surface area contributed by atoms with E-state index in [0.717, 1.165) is 16.3 Å². The van der Waals surface area contributed by atoms with E-state index in [-0.39, 0.29) is 12.5 Å². The van der Waals surface area contributed by atoms with Crippen molar-refractivity contribution in [2.75, 3.05) is 17.6 Å². The van der Waals surface area contributed by atoms with Crippen molar-refractivity contribution in [1.82, 2.24) is 4.90 Å². The molecule has 0 aliphatic heterocycles. The molecule has 138 valence electrons. The van der Waals surface area contributed by atoms with E-state index in [2.05, 4.69) is 17.5 Å². The number of thiophene rings is 1. The number of thioether (sulfide) groups is 1. The normalized spacial score (nSPS) is 10.7. The Morgan fingerprint density at radius 1 is 1.19 bits per heavy atom.